The Kier molecular flexibility index (Phi) is 8.14. The zero-order chi connectivity index (χ0) is 15.4. The van der Waals surface area contributed by atoms with E-state index in [4.69, 9.17) is 0 Å². The van der Waals surface area contributed by atoms with E-state index in [1.165, 1.54) is 11.3 Å². The number of anilines is 1. The van der Waals surface area contributed by atoms with Gasteiger partial charge < -0.3 is 16.0 Å². The molecule has 0 bridgehead atoms. The van der Waals surface area contributed by atoms with E-state index in [1.807, 2.05) is 0 Å². The van der Waals surface area contributed by atoms with Crippen LogP contribution in [0.4, 0.5) is 5.69 Å². The van der Waals surface area contributed by atoms with E-state index in [9.17, 15) is 9.59 Å². The molecule has 3 heterocycles. The van der Waals surface area contributed by atoms with E-state index in [1.54, 1.807) is 36.0 Å². The van der Waals surface area contributed by atoms with Crippen molar-refractivity contribution in [3.8, 4) is 0 Å². The highest BCUT2D eigenvalue weighted by Gasteiger charge is 2.20. The molecule has 0 unspecified atom stereocenters. The Balaban J connectivity index is 0.00000144. The molecule has 2 aromatic heterocycles. The number of aromatic nitrogens is 1. The third kappa shape index (κ3) is 4.91. The molecule has 6 nitrogen and oxygen atoms in total. The normalized spacial score (nSPS) is 13.0. The highest BCUT2D eigenvalue weighted by molar-refractivity contribution is 7.12. The van der Waals surface area contributed by atoms with Crippen LogP contribution in [0.3, 0.4) is 0 Å². The number of hydrogen-bond donors (Lipinski definition) is 3. The summed E-state index contributed by atoms with van der Waals surface area (Å²) in [4.78, 5) is 28.7. The van der Waals surface area contributed by atoms with Gasteiger partial charge in [0.1, 0.15) is 4.88 Å². The molecule has 130 valence electrons. The zero-order valence-electron chi connectivity index (χ0n) is 12.7. The molecule has 9 heteroatoms. The average molecular weight is 389 g/mol. The van der Waals surface area contributed by atoms with Crippen molar-refractivity contribution in [1.29, 1.82) is 0 Å². The molecule has 0 aromatic carbocycles. The summed E-state index contributed by atoms with van der Waals surface area (Å²) in [6.07, 6.45) is 3.12. The second-order valence-corrected chi connectivity index (χ2v) is 6.00. The Bertz CT molecular complexity index is 677. The van der Waals surface area contributed by atoms with Crippen LogP contribution in [-0.2, 0) is 0 Å². The molecule has 1 fully saturated rings. The fourth-order valence-electron chi connectivity index (χ4n) is 2.09. The molecule has 0 radical (unpaired) electrons. The van der Waals surface area contributed by atoms with Crippen LogP contribution in [0, 0.1) is 5.92 Å². The number of pyridine rings is 1. The van der Waals surface area contributed by atoms with Crippen molar-refractivity contribution in [3.63, 3.8) is 0 Å². The minimum atomic E-state index is -0.252. The van der Waals surface area contributed by atoms with E-state index in [-0.39, 0.29) is 36.6 Å². The van der Waals surface area contributed by atoms with Gasteiger partial charge in [-0.2, -0.15) is 0 Å². The quantitative estimate of drug-likeness (QED) is 0.732. The molecule has 1 saturated heterocycles. The highest BCUT2D eigenvalue weighted by Crippen LogP contribution is 2.23. The molecule has 2 amide bonds. The Hall–Kier alpha value is -1.67. The number of amides is 2. The summed E-state index contributed by atoms with van der Waals surface area (Å²) in [5.41, 5.74) is 1.05. The van der Waals surface area contributed by atoms with Gasteiger partial charge in [-0.25, -0.2) is 0 Å². The predicted octanol–water partition coefficient (Wildman–Crippen LogP) is 2.19. The van der Waals surface area contributed by atoms with Crippen LogP contribution < -0.4 is 16.0 Å². The summed E-state index contributed by atoms with van der Waals surface area (Å²) >= 11 is 1.32. The summed E-state index contributed by atoms with van der Waals surface area (Å²) in [6.45, 7) is 2.54. The van der Waals surface area contributed by atoms with Crippen molar-refractivity contribution in [3.05, 3.63) is 46.4 Å². The number of carbonyl (C=O) groups is 2. The lowest BCUT2D eigenvalue weighted by atomic mass is 10.0. The minimum absolute atomic E-state index is 0. The molecule has 2 aromatic rings. The van der Waals surface area contributed by atoms with Crippen LogP contribution in [-0.4, -0.2) is 36.4 Å². The fraction of sp³-hybridized carbons (Fsp3) is 0.267. The molecule has 1 aliphatic rings. The third-order valence-corrected chi connectivity index (χ3v) is 4.39. The fourth-order valence-corrected chi connectivity index (χ4v) is 2.86. The maximum Gasteiger partial charge on any atom is 0.263 e. The third-order valence-electron chi connectivity index (χ3n) is 3.48. The summed E-state index contributed by atoms with van der Waals surface area (Å²) in [7, 11) is 0. The van der Waals surface area contributed by atoms with Gasteiger partial charge in [-0.3, -0.25) is 14.6 Å². The van der Waals surface area contributed by atoms with E-state index in [2.05, 4.69) is 20.9 Å². The first kappa shape index (κ1) is 20.4. The maximum atomic E-state index is 12.2. The standard InChI is InChI=1S/C15H16N4O2S.2ClH/c20-14(11-1-4-16-5-2-11)19-12-3-6-22-13(12)15(21)18-9-10-7-17-8-10;;/h1-6,10,17H,7-9H2,(H,18,21)(H,19,20);2*1H. The van der Waals surface area contributed by atoms with Gasteiger partial charge in [0.2, 0.25) is 0 Å². The van der Waals surface area contributed by atoms with Gasteiger partial charge in [-0.15, -0.1) is 36.2 Å². The van der Waals surface area contributed by atoms with Gasteiger partial charge in [-0.05, 0) is 23.6 Å². The topological polar surface area (TPSA) is 83.1 Å². The van der Waals surface area contributed by atoms with Crippen LogP contribution in [0.15, 0.2) is 36.0 Å². The summed E-state index contributed by atoms with van der Waals surface area (Å²) < 4.78 is 0. The number of nitrogens with zero attached hydrogens (tertiary/aromatic N) is 1. The molecule has 3 rings (SSSR count). The number of hydrogen-bond acceptors (Lipinski definition) is 5. The first-order valence-corrected chi connectivity index (χ1v) is 7.90. The first-order valence-electron chi connectivity index (χ1n) is 7.02. The largest absolute Gasteiger partial charge is 0.351 e. The summed E-state index contributed by atoms with van der Waals surface area (Å²) in [5.74, 6) is 0.101. The van der Waals surface area contributed by atoms with Crippen LogP contribution in [0.25, 0.3) is 0 Å². The maximum absolute atomic E-state index is 12.2. The Morgan fingerprint density at radius 3 is 2.50 bits per heavy atom. The minimum Gasteiger partial charge on any atom is -0.351 e. The highest BCUT2D eigenvalue weighted by atomic mass is 35.5. The average Bonchev–Trinajstić information content (AvgIpc) is 2.94. The van der Waals surface area contributed by atoms with Gasteiger partial charge in [0.05, 0.1) is 5.69 Å². The second-order valence-electron chi connectivity index (χ2n) is 5.09. The van der Waals surface area contributed by atoms with Crippen molar-refractivity contribution in [1.82, 2.24) is 15.6 Å². The number of thiophene rings is 1. The van der Waals surface area contributed by atoms with Crippen molar-refractivity contribution in [2.24, 2.45) is 5.92 Å². The van der Waals surface area contributed by atoms with Gasteiger partial charge in [0.25, 0.3) is 11.8 Å². The van der Waals surface area contributed by atoms with Crippen molar-refractivity contribution < 1.29 is 9.59 Å². The smallest absolute Gasteiger partial charge is 0.263 e. The SMILES string of the molecule is Cl.Cl.O=C(Nc1ccsc1C(=O)NCC1CNC1)c1ccncc1. The number of rotatable bonds is 5. The number of nitrogens with one attached hydrogen (secondary N) is 3. The van der Waals surface area contributed by atoms with Gasteiger partial charge >= 0.3 is 0 Å². The monoisotopic (exact) mass is 388 g/mol. The lowest BCUT2D eigenvalue weighted by Gasteiger charge is -2.27. The van der Waals surface area contributed by atoms with E-state index >= 15 is 0 Å². The lowest BCUT2D eigenvalue weighted by Crippen LogP contribution is -2.48. The summed E-state index contributed by atoms with van der Waals surface area (Å²) in [6, 6.07) is 5.00. The number of halogens is 2. The van der Waals surface area contributed by atoms with Crippen molar-refractivity contribution in [2.75, 3.05) is 25.0 Å². The summed E-state index contributed by atoms with van der Waals surface area (Å²) in [5, 5.41) is 10.6. The Labute approximate surface area is 156 Å². The van der Waals surface area contributed by atoms with Crippen LogP contribution in [0.1, 0.15) is 20.0 Å². The molecular weight excluding hydrogens is 371 g/mol. The van der Waals surface area contributed by atoms with E-state index in [0.717, 1.165) is 13.1 Å². The van der Waals surface area contributed by atoms with Gasteiger partial charge in [-0.1, -0.05) is 0 Å². The second kappa shape index (κ2) is 9.58. The van der Waals surface area contributed by atoms with Crippen LogP contribution in [0.2, 0.25) is 0 Å². The predicted molar refractivity (Wildman–Crippen MR) is 99.7 cm³/mol. The lowest BCUT2D eigenvalue weighted by molar-refractivity contribution is 0.0947. The van der Waals surface area contributed by atoms with E-state index < -0.39 is 0 Å². The molecule has 0 aliphatic carbocycles. The number of carbonyl (C=O) groups excluding carboxylic acids is 2. The molecule has 0 saturated carbocycles. The van der Waals surface area contributed by atoms with E-state index in [0.29, 0.717) is 28.6 Å². The first-order chi connectivity index (χ1) is 10.7. The van der Waals surface area contributed by atoms with Crippen molar-refractivity contribution in [2.45, 2.75) is 0 Å². The molecule has 0 spiro atoms. The molecule has 0 atom stereocenters. The zero-order valence-corrected chi connectivity index (χ0v) is 15.1. The Morgan fingerprint density at radius 2 is 1.88 bits per heavy atom. The molecule has 24 heavy (non-hydrogen) atoms. The molecule has 1 aliphatic heterocycles. The molecule has 3 N–H and O–H groups in total. The van der Waals surface area contributed by atoms with Gasteiger partial charge in [0, 0.05) is 43.5 Å². The van der Waals surface area contributed by atoms with Crippen molar-refractivity contribution >= 4 is 53.7 Å². The molecular formula is C15H18Cl2N4O2S. The van der Waals surface area contributed by atoms with Crippen LogP contribution in [0.5, 0.6) is 0 Å². The van der Waals surface area contributed by atoms with Crippen LogP contribution >= 0.6 is 36.2 Å². The van der Waals surface area contributed by atoms with Gasteiger partial charge in [0.15, 0.2) is 0 Å². The Morgan fingerprint density at radius 1 is 1.17 bits per heavy atom.